The molecule has 0 aliphatic rings. The Morgan fingerprint density at radius 2 is 1.52 bits per heavy atom. The molecule has 2 rings (SSSR count). The van der Waals surface area contributed by atoms with E-state index in [4.69, 9.17) is 14.2 Å². The molecule has 124 valence electrons. The highest BCUT2D eigenvalue weighted by Gasteiger charge is 2.14. The van der Waals surface area contributed by atoms with Crippen LogP contribution in [-0.2, 0) is 6.42 Å². The standard InChI is InChI=1S/C20H26O3/c1-5-6-11-23-17-13-19(21-3)18(20(14-17)22-4)12-16-9-7-15(2)8-10-16/h7-10,13-14H,5-6,11-12H2,1-4H3. The van der Waals surface area contributed by atoms with Gasteiger partial charge in [0.1, 0.15) is 17.2 Å². The SMILES string of the molecule is CCCCOc1cc(OC)c(Cc2ccc(C)cc2)c(OC)c1. The zero-order chi connectivity index (χ0) is 16.7. The van der Waals surface area contributed by atoms with Crippen LogP contribution in [0.2, 0.25) is 0 Å². The summed E-state index contributed by atoms with van der Waals surface area (Å²) < 4.78 is 16.9. The first kappa shape index (κ1) is 17.2. The van der Waals surface area contributed by atoms with E-state index in [-0.39, 0.29) is 0 Å². The quantitative estimate of drug-likeness (QED) is 0.656. The predicted octanol–water partition coefficient (Wildman–Crippen LogP) is 4.78. The van der Waals surface area contributed by atoms with Gasteiger partial charge in [0.2, 0.25) is 0 Å². The first-order valence-electron chi connectivity index (χ1n) is 8.11. The molecule has 0 saturated carbocycles. The van der Waals surface area contributed by atoms with Gasteiger partial charge in [-0.1, -0.05) is 43.2 Å². The summed E-state index contributed by atoms with van der Waals surface area (Å²) in [4.78, 5) is 0. The van der Waals surface area contributed by atoms with Gasteiger partial charge in [0.25, 0.3) is 0 Å². The van der Waals surface area contributed by atoms with Gasteiger partial charge in [-0.25, -0.2) is 0 Å². The lowest BCUT2D eigenvalue weighted by Gasteiger charge is -2.16. The maximum absolute atomic E-state index is 5.79. The fourth-order valence-corrected chi connectivity index (χ4v) is 2.46. The molecule has 0 amide bonds. The van der Waals surface area contributed by atoms with E-state index in [9.17, 15) is 0 Å². The Morgan fingerprint density at radius 1 is 0.913 bits per heavy atom. The van der Waals surface area contributed by atoms with Gasteiger partial charge in [-0.2, -0.15) is 0 Å². The van der Waals surface area contributed by atoms with Crippen LogP contribution in [0.15, 0.2) is 36.4 Å². The molecular weight excluding hydrogens is 288 g/mol. The summed E-state index contributed by atoms with van der Waals surface area (Å²) in [5.74, 6) is 2.40. The predicted molar refractivity (Wildman–Crippen MR) is 93.9 cm³/mol. The molecule has 0 atom stereocenters. The van der Waals surface area contributed by atoms with Crippen molar-refractivity contribution in [3.63, 3.8) is 0 Å². The smallest absolute Gasteiger partial charge is 0.129 e. The summed E-state index contributed by atoms with van der Waals surface area (Å²) in [6, 6.07) is 12.4. The number of hydrogen-bond donors (Lipinski definition) is 0. The molecular formula is C20H26O3. The Labute approximate surface area is 139 Å². The Morgan fingerprint density at radius 3 is 2.04 bits per heavy atom. The molecule has 0 aromatic heterocycles. The van der Waals surface area contributed by atoms with E-state index in [1.165, 1.54) is 11.1 Å². The minimum Gasteiger partial charge on any atom is -0.496 e. The molecule has 3 heteroatoms. The summed E-state index contributed by atoms with van der Waals surface area (Å²) in [5, 5.41) is 0. The van der Waals surface area contributed by atoms with Crippen molar-refractivity contribution in [3.05, 3.63) is 53.1 Å². The Kier molecular flexibility index (Phi) is 6.33. The van der Waals surface area contributed by atoms with Gasteiger partial charge in [-0.05, 0) is 18.9 Å². The van der Waals surface area contributed by atoms with E-state index in [2.05, 4.69) is 38.1 Å². The summed E-state index contributed by atoms with van der Waals surface area (Å²) >= 11 is 0. The molecule has 0 aliphatic heterocycles. The van der Waals surface area contributed by atoms with Crippen molar-refractivity contribution >= 4 is 0 Å². The summed E-state index contributed by atoms with van der Waals surface area (Å²) in [6.45, 7) is 4.95. The number of ether oxygens (including phenoxy) is 3. The van der Waals surface area contributed by atoms with Crippen LogP contribution < -0.4 is 14.2 Å². The second-order valence-corrected chi connectivity index (χ2v) is 5.67. The van der Waals surface area contributed by atoms with Gasteiger partial charge >= 0.3 is 0 Å². The average molecular weight is 314 g/mol. The third-order valence-electron chi connectivity index (χ3n) is 3.85. The maximum atomic E-state index is 5.79. The van der Waals surface area contributed by atoms with Gasteiger partial charge < -0.3 is 14.2 Å². The van der Waals surface area contributed by atoms with E-state index in [0.717, 1.165) is 42.1 Å². The molecule has 23 heavy (non-hydrogen) atoms. The van der Waals surface area contributed by atoms with Gasteiger partial charge in [0.15, 0.2) is 0 Å². The van der Waals surface area contributed by atoms with Crippen molar-refractivity contribution in [1.29, 1.82) is 0 Å². The van der Waals surface area contributed by atoms with Crippen LogP contribution in [0.25, 0.3) is 0 Å². The summed E-state index contributed by atoms with van der Waals surface area (Å²) in [7, 11) is 3.37. The lowest BCUT2D eigenvalue weighted by atomic mass is 10.0. The van der Waals surface area contributed by atoms with Gasteiger partial charge in [-0.3, -0.25) is 0 Å². The molecule has 0 radical (unpaired) electrons. The number of rotatable bonds is 8. The van der Waals surface area contributed by atoms with Gasteiger partial charge in [0, 0.05) is 24.1 Å². The topological polar surface area (TPSA) is 27.7 Å². The van der Waals surface area contributed by atoms with Crippen molar-refractivity contribution in [2.45, 2.75) is 33.1 Å². The third kappa shape index (κ3) is 4.65. The number of aryl methyl sites for hydroxylation is 1. The van der Waals surface area contributed by atoms with E-state index in [1.807, 2.05) is 12.1 Å². The number of methoxy groups -OCH3 is 2. The highest BCUT2D eigenvalue weighted by molar-refractivity contribution is 5.52. The third-order valence-corrected chi connectivity index (χ3v) is 3.85. The van der Waals surface area contributed by atoms with Crippen LogP contribution >= 0.6 is 0 Å². The molecule has 3 nitrogen and oxygen atoms in total. The lowest BCUT2D eigenvalue weighted by molar-refractivity contribution is 0.303. The summed E-state index contributed by atoms with van der Waals surface area (Å²) in [5.41, 5.74) is 3.53. The van der Waals surface area contributed by atoms with E-state index in [0.29, 0.717) is 6.61 Å². The Bertz CT molecular complexity index is 592. The monoisotopic (exact) mass is 314 g/mol. The fourth-order valence-electron chi connectivity index (χ4n) is 2.46. The number of hydrogen-bond acceptors (Lipinski definition) is 3. The Hall–Kier alpha value is -2.16. The highest BCUT2D eigenvalue weighted by Crippen LogP contribution is 2.35. The van der Waals surface area contributed by atoms with Crippen molar-refractivity contribution in [1.82, 2.24) is 0 Å². The van der Waals surface area contributed by atoms with Gasteiger partial charge in [0.05, 0.1) is 20.8 Å². The summed E-state index contributed by atoms with van der Waals surface area (Å²) in [6.07, 6.45) is 2.91. The Balaban J connectivity index is 2.28. The zero-order valence-corrected chi connectivity index (χ0v) is 14.5. The molecule has 0 spiro atoms. The average Bonchev–Trinajstić information content (AvgIpc) is 2.57. The molecule has 0 heterocycles. The van der Waals surface area contributed by atoms with Gasteiger partial charge in [-0.15, -0.1) is 0 Å². The lowest BCUT2D eigenvalue weighted by Crippen LogP contribution is -2.02. The van der Waals surface area contributed by atoms with Crippen LogP contribution in [0.3, 0.4) is 0 Å². The molecule has 0 fully saturated rings. The van der Waals surface area contributed by atoms with E-state index in [1.54, 1.807) is 14.2 Å². The molecule has 2 aromatic rings. The van der Waals surface area contributed by atoms with E-state index >= 15 is 0 Å². The zero-order valence-electron chi connectivity index (χ0n) is 14.5. The van der Waals surface area contributed by atoms with Crippen LogP contribution in [0, 0.1) is 6.92 Å². The minimum absolute atomic E-state index is 0.708. The normalized spacial score (nSPS) is 10.4. The van der Waals surface area contributed by atoms with Crippen molar-refractivity contribution in [2.75, 3.05) is 20.8 Å². The largest absolute Gasteiger partial charge is 0.496 e. The number of unbranched alkanes of at least 4 members (excludes halogenated alkanes) is 1. The molecule has 0 saturated heterocycles. The molecule has 0 unspecified atom stereocenters. The number of benzene rings is 2. The molecule has 0 aliphatic carbocycles. The van der Waals surface area contributed by atoms with Crippen molar-refractivity contribution in [2.24, 2.45) is 0 Å². The minimum atomic E-state index is 0.708. The van der Waals surface area contributed by atoms with Crippen molar-refractivity contribution in [3.8, 4) is 17.2 Å². The van der Waals surface area contributed by atoms with Crippen LogP contribution in [0.5, 0.6) is 17.2 Å². The van der Waals surface area contributed by atoms with Crippen molar-refractivity contribution < 1.29 is 14.2 Å². The fraction of sp³-hybridized carbons (Fsp3) is 0.400. The van der Waals surface area contributed by atoms with Crippen LogP contribution in [0.4, 0.5) is 0 Å². The van der Waals surface area contributed by atoms with Crippen LogP contribution in [0.1, 0.15) is 36.5 Å². The molecule has 2 aromatic carbocycles. The van der Waals surface area contributed by atoms with Crippen LogP contribution in [-0.4, -0.2) is 20.8 Å². The highest BCUT2D eigenvalue weighted by atomic mass is 16.5. The molecule has 0 N–H and O–H groups in total. The first-order valence-corrected chi connectivity index (χ1v) is 8.11. The first-order chi connectivity index (χ1) is 11.2. The van der Waals surface area contributed by atoms with E-state index < -0.39 is 0 Å². The maximum Gasteiger partial charge on any atom is 0.129 e. The molecule has 0 bridgehead atoms. The second-order valence-electron chi connectivity index (χ2n) is 5.67. The second kappa shape index (κ2) is 8.47.